The van der Waals surface area contributed by atoms with Crippen LogP contribution in [-0.2, 0) is 0 Å². The van der Waals surface area contributed by atoms with E-state index in [1.165, 1.54) is 49.3 Å². The Hall–Kier alpha value is -13.0. The molecule has 0 N–H and O–H groups in total. The van der Waals surface area contributed by atoms with Crippen molar-refractivity contribution in [3.05, 3.63) is 282 Å². The number of nitriles is 3. The second-order valence-corrected chi connectivity index (χ2v) is 19.6. The highest BCUT2D eigenvalue weighted by Crippen LogP contribution is 2.42. The zero-order valence-electron chi connectivity index (χ0n) is 46.3. The van der Waals surface area contributed by atoms with Gasteiger partial charge in [0, 0.05) is 45.1 Å². The maximum atomic E-state index is 9.30. The number of hydrogen-bond donors (Lipinski definition) is 0. The molecule has 4 heterocycles. The van der Waals surface area contributed by atoms with E-state index in [1.54, 1.807) is 24.4 Å². The van der Waals surface area contributed by atoms with Gasteiger partial charge in [-0.05, 0) is 94.7 Å². The Bertz CT molecular complexity index is 4760. The van der Waals surface area contributed by atoms with Crippen molar-refractivity contribution in [2.24, 2.45) is 0 Å². The largest absolute Gasteiger partial charge is 0.649 e. The Morgan fingerprint density at radius 3 is 1.16 bits per heavy atom. The number of anilines is 6. The van der Waals surface area contributed by atoms with Crippen LogP contribution in [0.15, 0.2) is 231 Å². The van der Waals surface area contributed by atoms with Crippen molar-refractivity contribution < 1.29 is 3.79 Å². The number of aromatic nitrogens is 7. The van der Waals surface area contributed by atoms with Gasteiger partial charge in [-0.1, -0.05) is 171 Å². The fourth-order valence-corrected chi connectivity index (χ4v) is 10.6. The molecule has 10 aromatic carbocycles. The number of para-hydroxylation sites is 3. The summed E-state index contributed by atoms with van der Waals surface area (Å²) in [4.78, 5) is 43.3. The summed E-state index contributed by atoms with van der Waals surface area (Å²) >= 11 is 1.47. The van der Waals surface area contributed by atoms with Crippen molar-refractivity contribution in [1.82, 2.24) is 34.9 Å². The SMILES string of the molecule is [AlH][O]c1cccc2cccnc12.[C-]#[N+]c1nc2c(nc1C#N)c1nc(C#N)c(C#N)nc1c1nc([N+]#[C-])c([N+]#[C-])nc21.c1ccc(N(c2ccc(-c3ccc(N(c4ccccc4)c4cccc5ccccc45)cc3)cc2)c2cccc3ccccc23)cc1. The van der Waals surface area contributed by atoms with Crippen LogP contribution in [0.1, 0.15) is 17.1 Å². The maximum absolute atomic E-state index is 9.30. The summed E-state index contributed by atoms with van der Waals surface area (Å²) in [6.45, 7) is 21.7. The summed E-state index contributed by atoms with van der Waals surface area (Å²) in [5, 5.41) is 33.9. The van der Waals surface area contributed by atoms with Gasteiger partial charge in [0.1, 0.15) is 46.0 Å². The lowest BCUT2D eigenvalue weighted by molar-refractivity contribution is 0.622. The van der Waals surface area contributed by atoms with Crippen LogP contribution < -0.4 is 13.6 Å². The Labute approximate surface area is 512 Å². The summed E-state index contributed by atoms with van der Waals surface area (Å²) in [5.74, 6) is -0.0507. The van der Waals surface area contributed by atoms with Crippen LogP contribution in [0.3, 0.4) is 0 Å². The summed E-state index contributed by atoms with van der Waals surface area (Å²) in [7, 11) is 0. The van der Waals surface area contributed by atoms with Gasteiger partial charge in [-0.25, -0.2) is 15.0 Å². The Kier molecular flexibility index (Phi) is 15.7. The van der Waals surface area contributed by atoms with Crippen LogP contribution in [0.5, 0.6) is 5.75 Å². The quantitative estimate of drug-likeness (QED) is 0.0794. The first kappa shape index (κ1) is 55.6. The van der Waals surface area contributed by atoms with E-state index in [4.69, 9.17) is 23.5 Å². The number of fused-ring (bicyclic) bond motifs is 9. The molecule has 1 radical (unpaired) electrons. The molecule has 0 amide bonds. The number of pyridine rings is 1. The minimum atomic E-state index is -0.298. The molecule has 17 heteroatoms. The van der Waals surface area contributed by atoms with E-state index in [0.717, 1.165) is 50.8 Å². The van der Waals surface area contributed by atoms with Gasteiger partial charge in [0.05, 0.1) is 11.4 Å². The molecule has 14 aromatic rings. The highest BCUT2D eigenvalue weighted by molar-refractivity contribution is 6.19. The van der Waals surface area contributed by atoms with Crippen LogP contribution in [0.4, 0.5) is 51.6 Å². The highest BCUT2D eigenvalue weighted by Gasteiger charge is 2.28. The van der Waals surface area contributed by atoms with Gasteiger partial charge in [0.15, 0.2) is 17.1 Å². The minimum absolute atomic E-state index is 0.000622. The predicted octanol–water partition coefficient (Wildman–Crippen LogP) is 16.8. The number of benzene rings is 10. The van der Waals surface area contributed by atoms with Crippen molar-refractivity contribution in [3.63, 3.8) is 0 Å². The summed E-state index contributed by atoms with van der Waals surface area (Å²) < 4.78 is 5.19. The third-order valence-electron chi connectivity index (χ3n) is 14.3. The number of rotatable bonds is 8. The lowest BCUT2D eigenvalue weighted by atomic mass is 10.0. The molecule has 0 fully saturated rings. The standard InChI is InChI=1S/C44H32N2.C18N12.C9H7NO.Al.H/c1-3-17-37(18-4-1)45(43-23-11-15-35-13-7-9-21-41(35)43)39-29-25-33(26-30-39)34-27-31-40(32-28-34)46(38-19-5-2-6-20-38)44-24-12-16-36-14-8-10-22-42(36)44;1-22-16-9(6-21)27-12-10-11(26-8(5-20)7(4-19)25-10)14-15(13(12)28-16)30-18(24-3)17(23-2)29-14;11-8-5-1-3-7-4-2-6-10-9(7)8;;/h1-32H;;1-6,11H;;/q;;;+1;/p-1. The first-order valence-electron chi connectivity index (χ1n) is 27.1. The van der Waals surface area contributed by atoms with E-state index in [-0.39, 0.29) is 67.6 Å². The second kappa shape index (κ2) is 24.9. The van der Waals surface area contributed by atoms with E-state index in [2.05, 4.69) is 253 Å². The van der Waals surface area contributed by atoms with Crippen molar-refractivity contribution >= 4 is 134 Å². The molecule has 16 nitrogen and oxygen atoms in total. The fraction of sp³-hybridized carbons (Fsp3) is 0. The first-order chi connectivity index (χ1) is 43.3. The van der Waals surface area contributed by atoms with Gasteiger partial charge in [-0.3, -0.25) is 4.98 Å². The van der Waals surface area contributed by atoms with E-state index >= 15 is 0 Å². The van der Waals surface area contributed by atoms with Gasteiger partial charge in [0.2, 0.25) is 11.0 Å². The van der Waals surface area contributed by atoms with E-state index in [1.807, 2.05) is 30.3 Å². The molecular weight excluding hydrogens is 1110 g/mol. The zero-order chi connectivity index (χ0) is 60.5. The molecule has 0 unspecified atom stereocenters. The second-order valence-electron chi connectivity index (χ2n) is 19.4. The van der Waals surface area contributed by atoms with E-state index in [9.17, 15) is 15.8 Å². The number of hydrogen-bond acceptors (Lipinski definition) is 13. The summed E-state index contributed by atoms with van der Waals surface area (Å²) in [5.41, 5.74) is 9.25. The zero-order valence-corrected chi connectivity index (χ0v) is 47.7. The Morgan fingerprint density at radius 1 is 0.352 bits per heavy atom. The van der Waals surface area contributed by atoms with E-state index in [0.29, 0.717) is 0 Å². The van der Waals surface area contributed by atoms with Crippen molar-refractivity contribution in [3.8, 4) is 35.1 Å². The van der Waals surface area contributed by atoms with Crippen molar-refractivity contribution in [2.75, 3.05) is 9.80 Å². The monoisotopic (exact) mass is 1140 g/mol. The molecule has 4 aromatic heterocycles. The van der Waals surface area contributed by atoms with E-state index < -0.39 is 0 Å². The average molecular weight is 1150 g/mol. The molecule has 0 aliphatic rings. The van der Waals surface area contributed by atoms with Crippen LogP contribution in [-0.4, -0.2) is 51.5 Å². The Balaban J connectivity index is 0.000000152. The molecule has 0 saturated heterocycles. The van der Waals surface area contributed by atoms with Crippen LogP contribution >= 0.6 is 0 Å². The molecule has 0 aliphatic heterocycles. The average Bonchev–Trinajstić information content (AvgIpc) is 0.834. The number of nitrogens with zero attached hydrogens (tertiary/aromatic N) is 15. The maximum Gasteiger partial charge on any atom is 0.494 e. The lowest BCUT2D eigenvalue weighted by Crippen LogP contribution is -2.10. The topological polar surface area (TPSA) is 190 Å². The highest BCUT2D eigenvalue weighted by atomic mass is 27.1. The van der Waals surface area contributed by atoms with Gasteiger partial charge >= 0.3 is 22.4 Å². The molecule has 0 saturated carbocycles. The molecule has 0 bridgehead atoms. The van der Waals surface area contributed by atoms with Gasteiger partial charge in [0.25, 0.3) is 17.2 Å². The molecule has 0 atom stereocenters. The lowest BCUT2D eigenvalue weighted by Gasteiger charge is -2.27. The van der Waals surface area contributed by atoms with Crippen molar-refractivity contribution in [1.29, 1.82) is 15.8 Å². The van der Waals surface area contributed by atoms with Gasteiger partial charge in [-0.15, -0.1) is 15.0 Å². The predicted molar refractivity (Wildman–Crippen MR) is 344 cm³/mol. The first-order valence-corrected chi connectivity index (χ1v) is 27.6. The minimum Gasteiger partial charge on any atom is -0.649 e. The normalized spacial score (nSPS) is 10.5. The fourth-order valence-electron chi connectivity index (χ4n) is 10.3. The van der Waals surface area contributed by atoms with Crippen LogP contribution in [0.25, 0.3) is 91.2 Å². The third-order valence-corrected chi connectivity index (χ3v) is 14.6. The molecule has 88 heavy (non-hydrogen) atoms. The molecule has 14 rings (SSSR count). The smallest absolute Gasteiger partial charge is 0.494 e. The van der Waals surface area contributed by atoms with Crippen LogP contribution in [0, 0.1) is 53.7 Å². The van der Waals surface area contributed by atoms with Crippen LogP contribution in [0.2, 0.25) is 0 Å². The van der Waals surface area contributed by atoms with Crippen molar-refractivity contribution in [2.45, 2.75) is 0 Å². The van der Waals surface area contributed by atoms with Gasteiger partial charge in [-0.2, -0.15) is 15.8 Å². The molecule has 407 valence electrons. The molecular formula is C71H39AlN15O. The molecule has 0 aliphatic carbocycles. The summed E-state index contributed by atoms with van der Waals surface area (Å²) in [6, 6.07) is 84.4. The summed E-state index contributed by atoms with van der Waals surface area (Å²) in [6.07, 6.45) is 1.77. The van der Waals surface area contributed by atoms with Gasteiger partial charge < -0.3 is 28.1 Å². The Morgan fingerprint density at radius 2 is 0.716 bits per heavy atom. The third kappa shape index (κ3) is 10.7. The molecule has 0 spiro atoms.